The van der Waals surface area contributed by atoms with Crippen LogP contribution in [0.2, 0.25) is 0 Å². The molecule has 0 fully saturated rings. The fourth-order valence-corrected chi connectivity index (χ4v) is 2.16. The van der Waals surface area contributed by atoms with Crippen LogP contribution < -0.4 is 15.4 Å². The van der Waals surface area contributed by atoms with Crippen molar-refractivity contribution in [2.45, 2.75) is 13.0 Å². The van der Waals surface area contributed by atoms with Crippen molar-refractivity contribution < 1.29 is 23.9 Å². The lowest BCUT2D eigenvalue weighted by molar-refractivity contribution is -0.153. The number of benzene rings is 2. The van der Waals surface area contributed by atoms with Crippen LogP contribution >= 0.6 is 0 Å². The first kappa shape index (κ1) is 20.5. The van der Waals surface area contributed by atoms with Gasteiger partial charge in [-0.15, -0.1) is 0 Å². The molecule has 0 bridgehead atoms. The van der Waals surface area contributed by atoms with Gasteiger partial charge in [0.1, 0.15) is 5.75 Å². The van der Waals surface area contributed by atoms with Gasteiger partial charge in [-0.05, 0) is 55.5 Å². The van der Waals surface area contributed by atoms with Gasteiger partial charge in [-0.3, -0.25) is 9.59 Å². The van der Waals surface area contributed by atoms with Crippen molar-refractivity contribution in [3.63, 3.8) is 0 Å². The number of esters is 1. The molecule has 0 spiro atoms. The van der Waals surface area contributed by atoms with Crippen molar-refractivity contribution in [1.29, 1.82) is 5.26 Å². The summed E-state index contributed by atoms with van der Waals surface area (Å²) in [5, 5.41) is 13.8. The first-order valence-electron chi connectivity index (χ1n) is 8.38. The van der Waals surface area contributed by atoms with Crippen molar-refractivity contribution in [3.8, 4) is 11.8 Å². The van der Waals surface area contributed by atoms with Gasteiger partial charge >= 0.3 is 5.97 Å². The fraction of sp³-hybridized carbons (Fsp3) is 0.200. The Kier molecular flexibility index (Phi) is 7.11. The summed E-state index contributed by atoms with van der Waals surface area (Å²) in [4.78, 5) is 35.3. The van der Waals surface area contributed by atoms with Crippen LogP contribution in [-0.4, -0.2) is 37.5 Å². The Hall–Kier alpha value is -3.86. The summed E-state index contributed by atoms with van der Waals surface area (Å²) in [7, 11) is 1.53. The second-order valence-electron chi connectivity index (χ2n) is 5.71. The average molecular weight is 381 g/mol. The maximum absolute atomic E-state index is 12.0. The summed E-state index contributed by atoms with van der Waals surface area (Å²) in [6, 6.07) is 14.5. The molecule has 0 saturated carbocycles. The number of anilines is 1. The third kappa shape index (κ3) is 5.85. The summed E-state index contributed by atoms with van der Waals surface area (Å²) in [5.41, 5.74) is 1.40. The number of nitrogens with zero attached hydrogens (tertiary/aromatic N) is 1. The minimum atomic E-state index is -0.924. The Morgan fingerprint density at radius 3 is 2.29 bits per heavy atom. The highest BCUT2D eigenvalue weighted by Crippen LogP contribution is 2.14. The molecule has 2 amide bonds. The summed E-state index contributed by atoms with van der Waals surface area (Å²) < 4.78 is 10.4. The number of nitriles is 1. The fourth-order valence-electron chi connectivity index (χ4n) is 2.16. The predicted octanol–water partition coefficient (Wildman–Crippen LogP) is 1.87. The molecule has 0 unspecified atom stereocenters. The maximum Gasteiger partial charge on any atom is 0.347 e. The molecule has 2 aromatic carbocycles. The molecule has 2 rings (SSSR count). The van der Waals surface area contributed by atoms with Crippen LogP contribution in [-0.2, 0) is 14.3 Å². The van der Waals surface area contributed by atoms with Crippen LogP contribution in [0, 0.1) is 11.3 Å². The molecular weight excluding hydrogens is 362 g/mol. The number of carbonyl (C=O) groups excluding carboxylic acids is 3. The number of hydrogen-bond donors (Lipinski definition) is 2. The van der Waals surface area contributed by atoms with Gasteiger partial charge in [-0.25, -0.2) is 4.79 Å². The quantitative estimate of drug-likeness (QED) is 0.707. The van der Waals surface area contributed by atoms with Gasteiger partial charge in [0.2, 0.25) is 0 Å². The largest absolute Gasteiger partial charge is 0.479 e. The Balaban J connectivity index is 1.80. The average Bonchev–Trinajstić information content (AvgIpc) is 2.72. The molecule has 0 aromatic heterocycles. The molecule has 144 valence electrons. The van der Waals surface area contributed by atoms with Gasteiger partial charge in [0.25, 0.3) is 11.8 Å². The molecule has 8 heteroatoms. The standard InChI is InChI=1S/C20H19N3O5/c1-13(28-17-9-3-14(11-21)4-10-17)20(26)27-12-18(24)23-16-7-5-15(6-8-16)19(25)22-2/h3-10,13H,12H2,1-2H3,(H,22,25)(H,23,24)/t13-/m0/s1. The van der Waals surface area contributed by atoms with E-state index in [1.807, 2.05) is 6.07 Å². The van der Waals surface area contributed by atoms with Gasteiger partial charge < -0.3 is 20.1 Å². The van der Waals surface area contributed by atoms with Gasteiger partial charge in [0.15, 0.2) is 12.7 Å². The lowest BCUT2D eigenvalue weighted by Crippen LogP contribution is -2.29. The van der Waals surface area contributed by atoms with E-state index in [4.69, 9.17) is 14.7 Å². The van der Waals surface area contributed by atoms with Crippen LogP contribution in [0.1, 0.15) is 22.8 Å². The normalized spacial score (nSPS) is 10.9. The molecule has 2 aromatic rings. The van der Waals surface area contributed by atoms with E-state index in [0.717, 1.165) is 0 Å². The molecule has 0 aliphatic heterocycles. The number of hydrogen-bond acceptors (Lipinski definition) is 6. The number of rotatable bonds is 7. The number of ether oxygens (including phenoxy) is 2. The Morgan fingerprint density at radius 1 is 1.07 bits per heavy atom. The second kappa shape index (κ2) is 9.73. The summed E-state index contributed by atoms with van der Waals surface area (Å²) in [6.07, 6.45) is -0.924. The maximum atomic E-state index is 12.0. The predicted molar refractivity (Wildman–Crippen MR) is 101 cm³/mol. The molecule has 2 N–H and O–H groups in total. The molecule has 0 saturated heterocycles. The van der Waals surface area contributed by atoms with E-state index < -0.39 is 24.6 Å². The van der Waals surface area contributed by atoms with Gasteiger partial charge in [-0.2, -0.15) is 5.26 Å². The zero-order chi connectivity index (χ0) is 20.5. The second-order valence-corrected chi connectivity index (χ2v) is 5.71. The molecule has 0 heterocycles. The number of nitrogens with one attached hydrogen (secondary N) is 2. The lowest BCUT2D eigenvalue weighted by Gasteiger charge is -2.14. The summed E-state index contributed by atoms with van der Waals surface area (Å²) in [5.74, 6) is -1.05. The SMILES string of the molecule is CNC(=O)c1ccc(NC(=O)COC(=O)[C@H](C)Oc2ccc(C#N)cc2)cc1. The third-order valence-corrected chi connectivity index (χ3v) is 3.63. The summed E-state index contributed by atoms with van der Waals surface area (Å²) in [6.45, 7) is 1.02. The lowest BCUT2D eigenvalue weighted by atomic mass is 10.2. The van der Waals surface area contributed by atoms with E-state index in [2.05, 4.69) is 10.6 Å². The minimum Gasteiger partial charge on any atom is -0.479 e. The van der Waals surface area contributed by atoms with Crippen LogP contribution in [0.4, 0.5) is 5.69 Å². The zero-order valence-electron chi connectivity index (χ0n) is 15.4. The van der Waals surface area contributed by atoms with Crippen molar-refractivity contribution in [3.05, 3.63) is 59.7 Å². The monoisotopic (exact) mass is 381 g/mol. The highest BCUT2D eigenvalue weighted by Gasteiger charge is 2.18. The molecule has 0 aliphatic rings. The Morgan fingerprint density at radius 2 is 1.71 bits per heavy atom. The molecule has 1 atom stereocenters. The topological polar surface area (TPSA) is 118 Å². The summed E-state index contributed by atoms with van der Waals surface area (Å²) >= 11 is 0. The smallest absolute Gasteiger partial charge is 0.347 e. The van der Waals surface area contributed by atoms with Crippen molar-refractivity contribution in [2.24, 2.45) is 0 Å². The zero-order valence-corrected chi connectivity index (χ0v) is 15.4. The van der Waals surface area contributed by atoms with Crippen LogP contribution in [0.15, 0.2) is 48.5 Å². The highest BCUT2D eigenvalue weighted by atomic mass is 16.6. The van der Waals surface area contributed by atoms with Gasteiger partial charge in [0.05, 0.1) is 11.6 Å². The van der Waals surface area contributed by atoms with E-state index >= 15 is 0 Å². The Labute approximate surface area is 162 Å². The molecular formula is C20H19N3O5. The van der Waals surface area contributed by atoms with Gasteiger partial charge in [0, 0.05) is 18.3 Å². The first-order valence-corrected chi connectivity index (χ1v) is 8.38. The van der Waals surface area contributed by atoms with Crippen molar-refractivity contribution >= 4 is 23.5 Å². The van der Waals surface area contributed by atoms with Crippen LogP contribution in [0.3, 0.4) is 0 Å². The molecule has 8 nitrogen and oxygen atoms in total. The van der Waals surface area contributed by atoms with Crippen LogP contribution in [0.5, 0.6) is 5.75 Å². The van der Waals surface area contributed by atoms with E-state index in [1.165, 1.54) is 14.0 Å². The molecule has 28 heavy (non-hydrogen) atoms. The molecule has 0 radical (unpaired) electrons. The Bertz CT molecular complexity index is 886. The highest BCUT2D eigenvalue weighted by molar-refractivity contribution is 5.96. The van der Waals surface area contributed by atoms with E-state index in [0.29, 0.717) is 22.6 Å². The van der Waals surface area contributed by atoms with E-state index in [-0.39, 0.29) is 5.91 Å². The van der Waals surface area contributed by atoms with E-state index in [9.17, 15) is 14.4 Å². The van der Waals surface area contributed by atoms with Crippen molar-refractivity contribution in [2.75, 3.05) is 19.0 Å². The number of carbonyl (C=O) groups is 3. The van der Waals surface area contributed by atoms with Crippen LogP contribution in [0.25, 0.3) is 0 Å². The van der Waals surface area contributed by atoms with Gasteiger partial charge in [-0.1, -0.05) is 0 Å². The van der Waals surface area contributed by atoms with Crippen molar-refractivity contribution in [1.82, 2.24) is 5.32 Å². The number of amides is 2. The molecule has 0 aliphatic carbocycles. The first-order chi connectivity index (χ1) is 13.4. The minimum absolute atomic E-state index is 0.233. The third-order valence-electron chi connectivity index (χ3n) is 3.63. The van der Waals surface area contributed by atoms with E-state index in [1.54, 1.807) is 48.5 Å².